The summed E-state index contributed by atoms with van der Waals surface area (Å²) in [7, 11) is 0. The van der Waals surface area contributed by atoms with Gasteiger partial charge in [-0.2, -0.15) is 0 Å². The maximum atomic E-state index is 12.1. The number of carboxylic acids is 1. The van der Waals surface area contributed by atoms with E-state index in [2.05, 4.69) is 5.32 Å². The smallest absolute Gasteiger partial charge is 0.329 e. The molecule has 2 aliphatic heterocycles. The molecule has 21 heavy (non-hydrogen) atoms. The third-order valence-electron chi connectivity index (χ3n) is 4.14. The molecule has 2 aliphatic rings. The van der Waals surface area contributed by atoms with Gasteiger partial charge in [-0.3, -0.25) is 9.59 Å². The topological polar surface area (TPSA) is 95.9 Å². The van der Waals surface area contributed by atoms with E-state index in [-0.39, 0.29) is 25.3 Å². The Morgan fingerprint density at radius 1 is 1.24 bits per heavy atom. The van der Waals surface area contributed by atoms with E-state index in [1.165, 1.54) is 4.90 Å². The van der Waals surface area contributed by atoms with Crippen molar-refractivity contribution in [2.24, 2.45) is 0 Å². The highest BCUT2D eigenvalue weighted by molar-refractivity contribution is 5.90. The van der Waals surface area contributed by atoms with Crippen LogP contribution in [-0.2, 0) is 19.1 Å². The minimum Gasteiger partial charge on any atom is -0.480 e. The number of carboxylic acid groups (broad SMARTS) is 1. The lowest BCUT2D eigenvalue weighted by Crippen LogP contribution is -2.59. The van der Waals surface area contributed by atoms with Gasteiger partial charge in [0.1, 0.15) is 5.54 Å². The number of amides is 2. The molecular formula is C14H22N2O5. The summed E-state index contributed by atoms with van der Waals surface area (Å²) in [5.74, 6) is -1.48. The highest BCUT2D eigenvalue weighted by Gasteiger charge is 2.41. The van der Waals surface area contributed by atoms with Crippen LogP contribution in [0.5, 0.6) is 0 Å². The molecule has 2 N–H and O–H groups in total. The molecule has 7 nitrogen and oxygen atoms in total. The van der Waals surface area contributed by atoms with Gasteiger partial charge in [0.15, 0.2) is 0 Å². The van der Waals surface area contributed by atoms with Crippen LogP contribution in [-0.4, -0.2) is 59.6 Å². The second-order valence-electron chi connectivity index (χ2n) is 5.67. The SMILES string of the molecule is O=C(CN1CCCCCC1=O)NC1(C(=O)O)CCOCC1. The first-order chi connectivity index (χ1) is 10.0. The number of carbonyl (C=O) groups excluding carboxylic acids is 2. The van der Waals surface area contributed by atoms with Crippen LogP contribution in [0.3, 0.4) is 0 Å². The quantitative estimate of drug-likeness (QED) is 0.769. The lowest BCUT2D eigenvalue weighted by Gasteiger charge is -2.34. The number of nitrogens with zero attached hydrogens (tertiary/aromatic N) is 1. The molecular weight excluding hydrogens is 276 g/mol. The minimum absolute atomic E-state index is 0.0287. The molecule has 2 heterocycles. The molecule has 0 aromatic carbocycles. The van der Waals surface area contributed by atoms with E-state index in [0.717, 1.165) is 19.3 Å². The third kappa shape index (κ3) is 3.93. The van der Waals surface area contributed by atoms with Crippen molar-refractivity contribution in [2.45, 2.75) is 44.1 Å². The first-order valence-corrected chi connectivity index (χ1v) is 7.43. The summed E-state index contributed by atoms with van der Waals surface area (Å²) in [4.78, 5) is 37.0. The normalized spacial score (nSPS) is 22.5. The van der Waals surface area contributed by atoms with E-state index in [1.54, 1.807) is 0 Å². The fourth-order valence-electron chi connectivity index (χ4n) is 2.80. The van der Waals surface area contributed by atoms with E-state index in [4.69, 9.17) is 4.74 Å². The van der Waals surface area contributed by atoms with Gasteiger partial charge < -0.3 is 20.1 Å². The second kappa shape index (κ2) is 6.89. The van der Waals surface area contributed by atoms with Gasteiger partial charge in [0.05, 0.1) is 6.54 Å². The highest BCUT2D eigenvalue weighted by atomic mass is 16.5. The first-order valence-electron chi connectivity index (χ1n) is 7.43. The minimum atomic E-state index is -1.26. The Hall–Kier alpha value is -1.63. The fourth-order valence-corrected chi connectivity index (χ4v) is 2.80. The lowest BCUT2D eigenvalue weighted by molar-refractivity contribution is -0.152. The van der Waals surface area contributed by atoms with E-state index >= 15 is 0 Å². The summed E-state index contributed by atoms with van der Waals surface area (Å²) >= 11 is 0. The Morgan fingerprint density at radius 2 is 1.95 bits per heavy atom. The summed E-state index contributed by atoms with van der Waals surface area (Å²) in [6.45, 7) is 1.13. The van der Waals surface area contributed by atoms with Crippen molar-refractivity contribution in [3.05, 3.63) is 0 Å². The molecule has 0 aromatic rings. The molecule has 0 aliphatic carbocycles. The fraction of sp³-hybridized carbons (Fsp3) is 0.786. The number of ether oxygens (including phenoxy) is 1. The summed E-state index contributed by atoms with van der Waals surface area (Å²) in [5.41, 5.74) is -1.26. The van der Waals surface area contributed by atoms with Crippen LogP contribution in [0, 0.1) is 0 Å². The van der Waals surface area contributed by atoms with Gasteiger partial charge in [-0.15, -0.1) is 0 Å². The van der Waals surface area contributed by atoms with E-state index < -0.39 is 17.4 Å². The standard InChI is InChI=1S/C14H22N2O5/c17-11(10-16-7-3-1-2-4-12(16)18)15-14(13(19)20)5-8-21-9-6-14/h1-10H2,(H,15,17)(H,19,20). The van der Waals surface area contributed by atoms with E-state index in [9.17, 15) is 19.5 Å². The average Bonchev–Trinajstić information content (AvgIpc) is 2.65. The maximum absolute atomic E-state index is 12.1. The summed E-state index contributed by atoms with van der Waals surface area (Å²) < 4.78 is 5.16. The largest absolute Gasteiger partial charge is 0.480 e. The Bertz CT molecular complexity index is 418. The Balaban J connectivity index is 1.95. The van der Waals surface area contributed by atoms with Gasteiger partial charge in [0.2, 0.25) is 11.8 Å². The van der Waals surface area contributed by atoms with Gasteiger partial charge in [0, 0.05) is 39.0 Å². The second-order valence-corrected chi connectivity index (χ2v) is 5.67. The van der Waals surface area contributed by atoms with Crippen molar-refractivity contribution in [1.82, 2.24) is 10.2 Å². The maximum Gasteiger partial charge on any atom is 0.329 e. The number of hydrogen-bond acceptors (Lipinski definition) is 4. The molecule has 0 spiro atoms. The van der Waals surface area contributed by atoms with Crippen LogP contribution in [0.15, 0.2) is 0 Å². The molecule has 0 saturated carbocycles. The van der Waals surface area contributed by atoms with Crippen molar-refractivity contribution >= 4 is 17.8 Å². The molecule has 118 valence electrons. The van der Waals surface area contributed by atoms with Gasteiger partial charge >= 0.3 is 5.97 Å². The Labute approximate surface area is 123 Å². The molecule has 0 atom stereocenters. The van der Waals surface area contributed by atoms with Crippen LogP contribution in [0.4, 0.5) is 0 Å². The zero-order chi connectivity index (χ0) is 15.3. The third-order valence-corrected chi connectivity index (χ3v) is 4.14. The van der Waals surface area contributed by atoms with Crippen molar-refractivity contribution in [2.75, 3.05) is 26.3 Å². The molecule has 0 unspecified atom stereocenters. The zero-order valence-electron chi connectivity index (χ0n) is 12.1. The van der Waals surface area contributed by atoms with Crippen molar-refractivity contribution in [3.63, 3.8) is 0 Å². The predicted octanol–water partition coefficient (Wildman–Crippen LogP) is 0.139. The van der Waals surface area contributed by atoms with Crippen LogP contribution >= 0.6 is 0 Å². The molecule has 7 heteroatoms. The molecule has 2 fully saturated rings. The van der Waals surface area contributed by atoms with Crippen LogP contribution in [0.1, 0.15) is 38.5 Å². The van der Waals surface area contributed by atoms with Gasteiger partial charge in [0.25, 0.3) is 0 Å². The number of aliphatic carboxylic acids is 1. The van der Waals surface area contributed by atoms with Gasteiger partial charge in [-0.1, -0.05) is 6.42 Å². The summed E-state index contributed by atoms with van der Waals surface area (Å²) in [6.07, 6.45) is 3.69. The Morgan fingerprint density at radius 3 is 2.62 bits per heavy atom. The van der Waals surface area contributed by atoms with Crippen LogP contribution in [0.2, 0.25) is 0 Å². The first kappa shape index (κ1) is 15.8. The number of likely N-dealkylation sites (tertiary alicyclic amines) is 1. The zero-order valence-corrected chi connectivity index (χ0v) is 12.1. The number of rotatable bonds is 4. The van der Waals surface area contributed by atoms with Crippen molar-refractivity contribution < 1.29 is 24.2 Å². The van der Waals surface area contributed by atoms with E-state index in [0.29, 0.717) is 26.2 Å². The molecule has 0 aromatic heterocycles. The Kier molecular flexibility index (Phi) is 5.17. The molecule has 0 radical (unpaired) electrons. The number of hydrogen-bond donors (Lipinski definition) is 2. The highest BCUT2D eigenvalue weighted by Crippen LogP contribution is 2.21. The molecule has 2 saturated heterocycles. The number of nitrogens with one attached hydrogen (secondary N) is 1. The van der Waals surface area contributed by atoms with E-state index in [1.807, 2.05) is 0 Å². The lowest BCUT2D eigenvalue weighted by atomic mass is 9.90. The number of carbonyl (C=O) groups is 3. The summed E-state index contributed by atoms with van der Waals surface area (Å²) in [6, 6.07) is 0. The van der Waals surface area contributed by atoms with Crippen molar-refractivity contribution in [3.8, 4) is 0 Å². The van der Waals surface area contributed by atoms with Crippen molar-refractivity contribution in [1.29, 1.82) is 0 Å². The molecule has 2 rings (SSSR count). The average molecular weight is 298 g/mol. The predicted molar refractivity (Wildman–Crippen MR) is 73.6 cm³/mol. The van der Waals surface area contributed by atoms with Gasteiger partial charge in [-0.05, 0) is 12.8 Å². The molecule has 2 amide bonds. The van der Waals surface area contributed by atoms with Gasteiger partial charge in [-0.25, -0.2) is 4.79 Å². The molecule has 0 bridgehead atoms. The van der Waals surface area contributed by atoms with Crippen LogP contribution < -0.4 is 5.32 Å². The van der Waals surface area contributed by atoms with Crippen LogP contribution in [0.25, 0.3) is 0 Å². The monoisotopic (exact) mass is 298 g/mol. The summed E-state index contributed by atoms with van der Waals surface area (Å²) in [5, 5.41) is 12.0.